The summed E-state index contributed by atoms with van der Waals surface area (Å²) in [7, 11) is 0. The topological polar surface area (TPSA) is 53.5 Å². The van der Waals surface area contributed by atoms with Gasteiger partial charge in [0, 0.05) is 18.1 Å². The first-order valence-electron chi connectivity index (χ1n) is 8.54. The summed E-state index contributed by atoms with van der Waals surface area (Å²) in [5.74, 6) is -0.216. The molecule has 2 aromatic carbocycles. The van der Waals surface area contributed by atoms with E-state index in [4.69, 9.17) is 0 Å². The summed E-state index contributed by atoms with van der Waals surface area (Å²) in [5.41, 5.74) is 1.52. The van der Waals surface area contributed by atoms with Crippen molar-refractivity contribution in [3.8, 4) is 0 Å². The summed E-state index contributed by atoms with van der Waals surface area (Å²) in [5, 5.41) is 0.990. The number of hydrogen-bond acceptors (Lipinski definition) is 3. The Morgan fingerprint density at radius 1 is 0.923 bits per heavy atom. The van der Waals surface area contributed by atoms with Crippen LogP contribution >= 0.6 is 0 Å². The predicted molar refractivity (Wildman–Crippen MR) is 101 cm³/mol. The molecule has 0 atom stereocenters. The molecule has 0 bridgehead atoms. The molecule has 4 rings (SSSR count). The second-order valence-corrected chi connectivity index (χ2v) is 6.89. The number of carbonyl (C=O) groups excluding carboxylic acids is 2. The van der Waals surface area contributed by atoms with Gasteiger partial charge in [-0.25, -0.2) is 9.69 Å². The van der Waals surface area contributed by atoms with Crippen LogP contribution < -0.4 is 4.90 Å². The Morgan fingerprint density at radius 3 is 2.38 bits per heavy atom. The molecule has 1 aromatic heterocycles. The SMILES string of the molecule is CC1(C)C(=O)N(c2ccccc2)C(=O)N1Cc1ccnc2ccccc12. The average molecular weight is 345 g/mol. The lowest BCUT2D eigenvalue weighted by Crippen LogP contribution is -2.43. The van der Waals surface area contributed by atoms with Crippen LogP contribution in [0.15, 0.2) is 66.9 Å². The van der Waals surface area contributed by atoms with Crippen molar-refractivity contribution >= 4 is 28.5 Å². The minimum Gasteiger partial charge on any atom is -0.305 e. The Bertz CT molecular complexity index is 993. The number of para-hydroxylation sites is 2. The van der Waals surface area contributed by atoms with Crippen LogP contribution in [-0.4, -0.2) is 27.4 Å². The normalized spacial score (nSPS) is 16.5. The van der Waals surface area contributed by atoms with Crippen LogP contribution in [0.4, 0.5) is 10.5 Å². The highest BCUT2D eigenvalue weighted by Crippen LogP contribution is 2.33. The van der Waals surface area contributed by atoms with Crippen molar-refractivity contribution < 1.29 is 9.59 Å². The van der Waals surface area contributed by atoms with E-state index in [-0.39, 0.29) is 11.9 Å². The summed E-state index contributed by atoms with van der Waals surface area (Å²) in [6.45, 7) is 3.93. The molecular weight excluding hydrogens is 326 g/mol. The number of carbonyl (C=O) groups is 2. The third-order valence-corrected chi connectivity index (χ3v) is 4.91. The quantitative estimate of drug-likeness (QED) is 0.675. The molecule has 0 radical (unpaired) electrons. The maximum Gasteiger partial charge on any atom is 0.332 e. The van der Waals surface area contributed by atoms with Crippen molar-refractivity contribution in [1.82, 2.24) is 9.88 Å². The van der Waals surface area contributed by atoms with Gasteiger partial charge in [0.05, 0.1) is 11.2 Å². The number of nitrogens with zero attached hydrogens (tertiary/aromatic N) is 3. The Morgan fingerprint density at radius 2 is 1.62 bits per heavy atom. The summed E-state index contributed by atoms with van der Waals surface area (Å²) < 4.78 is 0. The summed E-state index contributed by atoms with van der Waals surface area (Å²) >= 11 is 0. The monoisotopic (exact) mass is 345 g/mol. The fourth-order valence-corrected chi connectivity index (χ4v) is 3.37. The lowest BCUT2D eigenvalue weighted by atomic mass is 10.0. The molecule has 1 aliphatic rings. The van der Waals surface area contributed by atoms with Gasteiger partial charge in [0.2, 0.25) is 0 Å². The maximum absolute atomic E-state index is 13.1. The van der Waals surface area contributed by atoms with Gasteiger partial charge in [0.25, 0.3) is 5.91 Å². The van der Waals surface area contributed by atoms with Gasteiger partial charge in [-0.1, -0.05) is 36.4 Å². The van der Waals surface area contributed by atoms with E-state index in [0.717, 1.165) is 16.5 Å². The van der Waals surface area contributed by atoms with Crippen LogP contribution in [0.5, 0.6) is 0 Å². The van der Waals surface area contributed by atoms with Crippen LogP contribution in [0.25, 0.3) is 10.9 Å². The van der Waals surface area contributed by atoms with Crippen LogP contribution in [0.1, 0.15) is 19.4 Å². The van der Waals surface area contributed by atoms with Gasteiger partial charge >= 0.3 is 6.03 Å². The van der Waals surface area contributed by atoms with Crippen molar-refractivity contribution in [2.75, 3.05) is 4.90 Å². The van der Waals surface area contributed by atoms with Gasteiger partial charge in [-0.2, -0.15) is 0 Å². The van der Waals surface area contributed by atoms with Crippen LogP contribution in [0.3, 0.4) is 0 Å². The predicted octanol–water partition coefficient (Wildman–Crippen LogP) is 3.98. The Labute approximate surface area is 151 Å². The first-order chi connectivity index (χ1) is 12.5. The smallest absolute Gasteiger partial charge is 0.305 e. The number of benzene rings is 2. The van der Waals surface area contributed by atoms with Gasteiger partial charge < -0.3 is 4.90 Å². The van der Waals surface area contributed by atoms with Crippen LogP contribution in [-0.2, 0) is 11.3 Å². The molecule has 0 unspecified atom stereocenters. The largest absolute Gasteiger partial charge is 0.332 e. The Kier molecular flexibility index (Phi) is 3.72. The van der Waals surface area contributed by atoms with Crippen molar-refractivity contribution in [2.24, 2.45) is 0 Å². The zero-order valence-electron chi connectivity index (χ0n) is 14.7. The first kappa shape index (κ1) is 16.3. The summed E-state index contributed by atoms with van der Waals surface area (Å²) in [4.78, 5) is 33.3. The molecule has 3 amide bonds. The molecule has 3 aromatic rings. The van der Waals surface area contributed by atoms with Gasteiger partial charge in [0.1, 0.15) is 5.54 Å². The molecule has 0 spiro atoms. The number of hydrogen-bond donors (Lipinski definition) is 0. The number of amides is 3. The van der Waals surface area contributed by atoms with Crippen molar-refractivity contribution in [3.63, 3.8) is 0 Å². The zero-order chi connectivity index (χ0) is 18.3. The minimum atomic E-state index is -0.919. The molecule has 0 saturated carbocycles. The number of rotatable bonds is 3. The molecule has 1 aliphatic heterocycles. The van der Waals surface area contributed by atoms with E-state index < -0.39 is 5.54 Å². The second kappa shape index (κ2) is 5.95. The third kappa shape index (κ3) is 2.44. The fourth-order valence-electron chi connectivity index (χ4n) is 3.37. The number of anilines is 1. The molecule has 5 heteroatoms. The van der Waals surface area contributed by atoms with Gasteiger partial charge in [0.15, 0.2) is 0 Å². The van der Waals surface area contributed by atoms with E-state index in [0.29, 0.717) is 12.2 Å². The summed E-state index contributed by atoms with van der Waals surface area (Å²) in [6, 6.07) is 18.5. The van der Waals surface area contributed by atoms with E-state index in [1.807, 2.05) is 48.5 Å². The van der Waals surface area contributed by atoms with Gasteiger partial charge in [-0.3, -0.25) is 9.78 Å². The highest BCUT2D eigenvalue weighted by Gasteiger charge is 2.51. The Hall–Kier alpha value is -3.21. The molecule has 1 fully saturated rings. The first-order valence-corrected chi connectivity index (χ1v) is 8.54. The fraction of sp³-hybridized carbons (Fsp3) is 0.190. The van der Waals surface area contributed by atoms with Crippen molar-refractivity contribution in [1.29, 1.82) is 0 Å². The molecular formula is C21H19N3O2. The molecule has 2 heterocycles. The lowest BCUT2D eigenvalue weighted by molar-refractivity contribution is -0.123. The standard InChI is InChI=1S/C21H19N3O2/c1-21(2)19(25)24(16-8-4-3-5-9-16)20(26)23(21)14-15-12-13-22-18-11-7-6-10-17(15)18/h3-13H,14H2,1-2H3. The Balaban J connectivity index is 1.74. The van der Waals surface area contributed by atoms with E-state index in [1.54, 1.807) is 37.1 Å². The van der Waals surface area contributed by atoms with Gasteiger partial charge in [-0.15, -0.1) is 0 Å². The van der Waals surface area contributed by atoms with E-state index >= 15 is 0 Å². The molecule has 26 heavy (non-hydrogen) atoms. The molecule has 5 nitrogen and oxygen atoms in total. The number of fused-ring (bicyclic) bond motifs is 1. The van der Waals surface area contributed by atoms with E-state index in [1.165, 1.54) is 4.90 Å². The van der Waals surface area contributed by atoms with E-state index in [2.05, 4.69) is 4.98 Å². The maximum atomic E-state index is 13.1. The zero-order valence-corrected chi connectivity index (χ0v) is 14.7. The molecule has 1 saturated heterocycles. The molecule has 0 aliphatic carbocycles. The van der Waals surface area contributed by atoms with Gasteiger partial charge in [-0.05, 0) is 43.7 Å². The van der Waals surface area contributed by atoms with E-state index in [9.17, 15) is 9.59 Å². The molecule has 0 N–H and O–H groups in total. The van der Waals surface area contributed by atoms with Crippen molar-refractivity contribution in [3.05, 3.63) is 72.4 Å². The number of imide groups is 1. The summed E-state index contributed by atoms with van der Waals surface area (Å²) in [6.07, 6.45) is 1.74. The minimum absolute atomic E-state index is 0.216. The third-order valence-electron chi connectivity index (χ3n) is 4.91. The van der Waals surface area contributed by atoms with Crippen molar-refractivity contribution in [2.45, 2.75) is 25.9 Å². The lowest BCUT2D eigenvalue weighted by Gasteiger charge is -2.28. The van der Waals surface area contributed by atoms with Crippen LogP contribution in [0.2, 0.25) is 0 Å². The number of urea groups is 1. The second-order valence-electron chi connectivity index (χ2n) is 6.89. The average Bonchev–Trinajstić information content (AvgIpc) is 2.82. The highest BCUT2D eigenvalue weighted by atomic mass is 16.2. The number of aromatic nitrogens is 1. The number of pyridine rings is 1. The highest BCUT2D eigenvalue weighted by molar-refractivity contribution is 6.22. The molecule has 130 valence electrons. The van der Waals surface area contributed by atoms with Crippen LogP contribution in [0, 0.1) is 0 Å².